The van der Waals surface area contributed by atoms with E-state index in [2.05, 4.69) is 6.07 Å². The fourth-order valence-electron chi connectivity index (χ4n) is 3.05. The number of phenolic OH excluding ortho intramolecular Hbond substituents is 1. The molecule has 0 saturated heterocycles. The molecule has 0 amide bonds. The van der Waals surface area contributed by atoms with Crippen LogP contribution in [0.4, 0.5) is 0 Å². The fraction of sp³-hybridized carbons (Fsp3) is 0.0455. The molecule has 0 unspecified atom stereocenters. The van der Waals surface area contributed by atoms with Crippen molar-refractivity contribution in [2.75, 3.05) is 0 Å². The minimum Gasteiger partial charge on any atom is -0.508 e. The lowest BCUT2D eigenvalue weighted by atomic mass is 9.97. The number of rotatable bonds is 3. The Hall–Kier alpha value is -3.33. The lowest BCUT2D eigenvalue weighted by Gasteiger charge is -2.11. The molecule has 3 heteroatoms. The molecule has 1 N–H and O–H groups in total. The van der Waals surface area contributed by atoms with Crippen LogP contribution in [-0.4, -0.2) is 11.1 Å². The molecule has 3 nitrogen and oxygen atoms in total. The van der Waals surface area contributed by atoms with Crippen molar-refractivity contribution >= 4 is 27.5 Å². The van der Waals surface area contributed by atoms with E-state index >= 15 is 0 Å². The zero-order valence-electron chi connectivity index (χ0n) is 13.5. The number of hydrogen-bond donors (Lipinski definition) is 1. The van der Waals surface area contributed by atoms with E-state index in [0.717, 1.165) is 27.1 Å². The number of fused-ring (bicyclic) bond motifs is 2. The third kappa shape index (κ3) is 2.92. The van der Waals surface area contributed by atoms with Gasteiger partial charge in [0, 0.05) is 0 Å². The molecule has 0 aliphatic carbocycles. The summed E-state index contributed by atoms with van der Waals surface area (Å²) in [6.07, 6.45) is 0. The first kappa shape index (κ1) is 15.2. The Bertz CT molecular complexity index is 1010. The molecule has 4 aromatic rings. The molecule has 0 atom stereocenters. The second kappa shape index (κ2) is 6.29. The van der Waals surface area contributed by atoms with Crippen LogP contribution in [0.25, 0.3) is 21.5 Å². The van der Waals surface area contributed by atoms with E-state index in [1.165, 1.54) is 0 Å². The summed E-state index contributed by atoms with van der Waals surface area (Å²) in [5.41, 5.74) is 1.42. The van der Waals surface area contributed by atoms with Gasteiger partial charge >= 0.3 is 5.97 Å². The molecule has 0 aliphatic rings. The molecule has 0 aromatic heterocycles. The van der Waals surface area contributed by atoms with Gasteiger partial charge in [0.05, 0.1) is 5.56 Å². The van der Waals surface area contributed by atoms with E-state index in [1.807, 2.05) is 48.5 Å². The van der Waals surface area contributed by atoms with Gasteiger partial charge in [0.25, 0.3) is 0 Å². The molecule has 0 saturated carbocycles. The molecule has 0 fully saturated rings. The summed E-state index contributed by atoms with van der Waals surface area (Å²) in [5, 5.41) is 13.1. The largest absolute Gasteiger partial charge is 0.508 e. The van der Waals surface area contributed by atoms with Crippen LogP contribution in [0.3, 0.4) is 0 Å². The van der Waals surface area contributed by atoms with Crippen LogP contribution in [0, 0.1) is 0 Å². The van der Waals surface area contributed by atoms with Crippen molar-refractivity contribution in [3.63, 3.8) is 0 Å². The van der Waals surface area contributed by atoms with E-state index < -0.39 is 0 Å². The number of benzene rings is 4. The summed E-state index contributed by atoms with van der Waals surface area (Å²) >= 11 is 0. The summed E-state index contributed by atoms with van der Waals surface area (Å²) in [6, 6.07) is 24.4. The molecular formula is C22H16O3. The maximum Gasteiger partial charge on any atom is 0.339 e. The van der Waals surface area contributed by atoms with Crippen molar-refractivity contribution in [3.8, 4) is 5.75 Å². The van der Waals surface area contributed by atoms with Gasteiger partial charge in [-0.3, -0.25) is 0 Å². The van der Waals surface area contributed by atoms with Crippen LogP contribution < -0.4 is 0 Å². The standard InChI is InChI=1S/C22H16O3/c23-18-11-9-15(10-12-18)14-25-22(24)21-19-7-3-1-5-16(19)13-17-6-2-4-8-20(17)21/h1-13,23H,14H2. The number of aromatic hydroxyl groups is 1. The van der Waals surface area contributed by atoms with Gasteiger partial charge in [-0.05, 0) is 45.3 Å². The maximum atomic E-state index is 12.8. The Kier molecular flexibility index (Phi) is 3.82. The van der Waals surface area contributed by atoms with Gasteiger partial charge in [0.15, 0.2) is 0 Å². The molecule has 0 aliphatic heterocycles. The van der Waals surface area contributed by atoms with Crippen LogP contribution in [0.15, 0.2) is 78.9 Å². The Morgan fingerprint density at radius 1 is 0.800 bits per heavy atom. The van der Waals surface area contributed by atoms with Crippen molar-refractivity contribution in [1.82, 2.24) is 0 Å². The van der Waals surface area contributed by atoms with Gasteiger partial charge in [-0.2, -0.15) is 0 Å². The molecule has 4 aromatic carbocycles. The Morgan fingerprint density at radius 3 is 1.96 bits per heavy atom. The Morgan fingerprint density at radius 2 is 1.36 bits per heavy atom. The highest BCUT2D eigenvalue weighted by molar-refractivity contribution is 6.16. The number of esters is 1. The fourth-order valence-corrected chi connectivity index (χ4v) is 3.05. The number of carbonyl (C=O) groups is 1. The average Bonchev–Trinajstić information content (AvgIpc) is 2.65. The average molecular weight is 328 g/mol. The number of hydrogen-bond acceptors (Lipinski definition) is 3. The maximum absolute atomic E-state index is 12.8. The summed E-state index contributed by atoms with van der Waals surface area (Å²) < 4.78 is 5.55. The van der Waals surface area contributed by atoms with Crippen molar-refractivity contribution in [1.29, 1.82) is 0 Å². The Balaban J connectivity index is 1.75. The number of carbonyl (C=O) groups excluding carboxylic acids is 1. The molecule has 122 valence electrons. The second-order valence-electron chi connectivity index (χ2n) is 5.94. The smallest absolute Gasteiger partial charge is 0.339 e. The van der Waals surface area contributed by atoms with Crippen LogP contribution in [-0.2, 0) is 11.3 Å². The molecule has 0 radical (unpaired) electrons. The zero-order chi connectivity index (χ0) is 17.2. The van der Waals surface area contributed by atoms with E-state index in [9.17, 15) is 9.90 Å². The first-order valence-electron chi connectivity index (χ1n) is 8.08. The third-order valence-corrected chi connectivity index (χ3v) is 4.28. The third-order valence-electron chi connectivity index (χ3n) is 4.28. The van der Waals surface area contributed by atoms with Gasteiger partial charge in [0.2, 0.25) is 0 Å². The van der Waals surface area contributed by atoms with Gasteiger partial charge in [0.1, 0.15) is 12.4 Å². The predicted octanol–water partition coefficient (Wildman–Crippen LogP) is 5.06. The second-order valence-corrected chi connectivity index (χ2v) is 5.94. The molecule has 0 bridgehead atoms. The molecule has 4 rings (SSSR count). The number of ether oxygens (including phenoxy) is 1. The van der Waals surface area contributed by atoms with E-state index in [1.54, 1.807) is 24.3 Å². The highest BCUT2D eigenvalue weighted by Gasteiger charge is 2.16. The highest BCUT2D eigenvalue weighted by atomic mass is 16.5. The summed E-state index contributed by atoms with van der Waals surface area (Å²) in [6.45, 7) is 0.163. The Labute approximate surface area is 145 Å². The van der Waals surface area contributed by atoms with E-state index in [0.29, 0.717) is 5.56 Å². The lowest BCUT2D eigenvalue weighted by molar-refractivity contribution is 0.0477. The first-order chi connectivity index (χ1) is 12.2. The topological polar surface area (TPSA) is 46.5 Å². The normalized spacial score (nSPS) is 10.9. The predicted molar refractivity (Wildman–Crippen MR) is 98.7 cm³/mol. The summed E-state index contributed by atoms with van der Waals surface area (Å²) in [5.74, 6) is -0.156. The van der Waals surface area contributed by atoms with Crippen molar-refractivity contribution in [3.05, 3.63) is 90.0 Å². The van der Waals surface area contributed by atoms with E-state index in [4.69, 9.17) is 4.74 Å². The highest BCUT2D eigenvalue weighted by Crippen LogP contribution is 2.29. The van der Waals surface area contributed by atoms with Crippen LogP contribution >= 0.6 is 0 Å². The molecule has 0 spiro atoms. The summed E-state index contributed by atoms with van der Waals surface area (Å²) in [7, 11) is 0. The first-order valence-corrected chi connectivity index (χ1v) is 8.08. The molecule has 0 heterocycles. The van der Waals surface area contributed by atoms with E-state index in [-0.39, 0.29) is 18.3 Å². The minimum absolute atomic E-state index is 0.163. The van der Waals surface area contributed by atoms with Crippen LogP contribution in [0.2, 0.25) is 0 Å². The molecular weight excluding hydrogens is 312 g/mol. The molecule has 25 heavy (non-hydrogen) atoms. The SMILES string of the molecule is O=C(OCc1ccc(O)cc1)c1c2ccccc2cc2ccccc12. The van der Waals surface area contributed by atoms with Gasteiger partial charge in [-0.25, -0.2) is 4.79 Å². The van der Waals surface area contributed by atoms with Crippen molar-refractivity contribution in [2.24, 2.45) is 0 Å². The zero-order valence-corrected chi connectivity index (χ0v) is 13.5. The van der Waals surface area contributed by atoms with Gasteiger partial charge in [-0.15, -0.1) is 0 Å². The van der Waals surface area contributed by atoms with Gasteiger partial charge in [-0.1, -0.05) is 60.7 Å². The monoisotopic (exact) mass is 328 g/mol. The number of phenols is 1. The van der Waals surface area contributed by atoms with Crippen LogP contribution in [0.5, 0.6) is 5.75 Å². The minimum atomic E-state index is -0.346. The van der Waals surface area contributed by atoms with Crippen molar-refractivity contribution < 1.29 is 14.6 Å². The lowest BCUT2D eigenvalue weighted by Crippen LogP contribution is -2.07. The van der Waals surface area contributed by atoms with Crippen LogP contribution in [0.1, 0.15) is 15.9 Å². The van der Waals surface area contributed by atoms with Gasteiger partial charge < -0.3 is 9.84 Å². The summed E-state index contributed by atoms with van der Waals surface area (Å²) in [4.78, 5) is 12.8. The van der Waals surface area contributed by atoms with Crippen molar-refractivity contribution in [2.45, 2.75) is 6.61 Å². The quantitative estimate of drug-likeness (QED) is 0.422.